The number of hydrogen-bond acceptors (Lipinski definition) is 2. The first kappa shape index (κ1) is 10.8. The van der Waals surface area contributed by atoms with Crippen LogP contribution in [0.1, 0.15) is 5.56 Å². The van der Waals surface area contributed by atoms with Gasteiger partial charge in [0.15, 0.2) is 0 Å². The van der Waals surface area contributed by atoms with E-state index < -0.39 is 0 Å². The predicted octanol–water partition coefficient (Wildman–Crippen LogP) is 3.13. The molecule has 4 rings (SSSR count). The fourth-order valence-corrected chi connectivity index (χ4v) is 2.53. The predicted molar refractivity (Wildman–Crippen MR) is 76.3 cm³/mol. The zero-order valence-electron chi connectivity index (χ0n) is 10.6. The van der Waals surface area contributed by atoms with Crippen LogP contribution < -0.4 is 0 Å². The Kier molecular flexibility index (Phi) is 2.15. The molecule has 0 spiro atoms. The lowest BCUT2D eigenvalue weighted by Crippen LogP contribution is -1.81. The van der Waals surface area contributed by atoms with Crippen molar-refractivity contribution in [3.8, 4) is 17.3 Å². The molecule has 0 atom stereocenters. The molecule has 4 heteroatoms. The van der Waals surface area contributed by atoms with Gasteiger partial charge in [-0.25, -0.2) is 4.98 Å². The maximum absolute atomic E-state index is 9.36. The minimum absolute atomic E-state index is 0.639. The molecule has 0 aliphatic heterocycles. The van der Waals surface area contributed by atoms with Gasteiger partial charge in [0.05, 0.1) is 16.8 Å². The minimum Gasteiger partial charge on any atom is -0.322 e. The Morgan fingerprint density at radius 3 is 2.55 bits per heavy atom. The van der Waals surface area contributed by atoms with E-state index in [4.69, 9.17) is 0 Å². The van der Waals surface area contributed by atoms with Crippen LogP contribution in [-0.4, -0.2) is 13.8 Å². The molecule has 0 unspecified atom stereocenters. The first-order valence-electron chi connectivity index (χ1n) is 6.31. The molecule has 0 radical (unpaired) electrons. The topological polar surface area (TPSA) is 45.5 Å². The summed E-state index contributed by atoms with van der Waals surface area (Å²) in [6.07, 6.45) is 7.69. The maximum Gasteiger partial charge on any atom is 0.137 e. The van der Waals surface area contributed by atoms with E-state index in [1.165, 1.54) is 0 Å². The standard InChI is InChI=1S/C16H10N4/c17-9-12-10-19-7-3-1-5-14(19)16(12)13-11-20-8-4-2-6-15(20)18-13/h1-8,10-11H. The third-order valence-electron chi connectivity index (χ3n) is 3.42. The molecule has 0 saturated heterocycles. The SMILES string of the molecule is N#Cc1cn2ccccc2c1-c1cn2ccccc2n1. The molecule has 0 aliphatic rings. The molecule has 4 heterocycles. The van der Waals surface area contributed by atoms with Gasteiger partial charge in [-0.05, 0) is 24.3 Å². The van der Waals surface area contributed by atoms with Gasteiger partial charge in [-0.3, -0.25) is 0 Å². The number of aromatic nitrogens is 3. The van der Waals surface area contributed by atoms with Crippen molar-refractivity contribution in [2.75, 3.05) is 0 Å². The first-order chi connectivity index (χ1) is 9.86. The molecular formula is C16H10N4. The van der Waals surface area contributed by atoms with E-state index in [0.29, 0.717) is 5.56 Å². The second-order valence-corrected chi connectivity index (χ2v) is 4.61. The van der Waals surface area contributed by atoms with Crippen molar-refractivity contribution in [1.29, 1.82) is 5.26 Å². The average molecular weight is 258 g/mol. The highest BCUT2D eigenvalue weighted by molar-refractivity contribution is 5.85. The Labute approximate surface area is 115 Å². The van der Waals surface area contributed by atoms with Crippen LogP contribution in [0.5, 0.6) is 0 Å². The molecule has 0 aliphatic carbocycles. The molecule has 0 amide bonds. The van der Waals surface area contributed by atoms with Crippen LogP contribution in [0.3, 0.4) is 0 Å². The zero-order chi connectivity index (χ0) is 13.5. The first-order valence-corrected chi connectivity index (χ1v) is 6.31. The lowest BCUT2D eigenvalue weighted by atomic mass is 10.1. The number of imidazole rings is 1. The maximum atomic E-state index is 9.36. The molecule has 4 aromatic rings. The number of nitrogens with zero attached hydrogens (tertiary/aromatic N) is 4. The van der Waals surface area contributed by atoms with Gasteiger partial charge in [-0.2, -0.15) is 5.26 Å². The molecule has 4 aromatic heterocycles. The van der Waals surface area contributed by atoms with E-state index in [1.54, 1.807) is 0 Å². The molecule has 4 nitrogen and oxygen atoms in total. The highest BCUT2D eigenvalue weighted by atomic mass is 15.0. The van der Waals surface area contributed by atoms with E-state index in [0.717, 1.165) is 22.4 Å². The summed E-state index contributed by atoms with van der Waals surface area (Å²) in [6, 6.07) is 14.0. The Morgan fingerprint density at radius 1 is 0.950 bits per heavy atom. The Morgan fingerprint density at radius 2 is 1.75 bits per heavy atom. The number of pyridine rings is 2. The Bertz CT molecular complexity index is 936. The third kappa shape index (κ3) is 1.44. The van der Waals surface area contributed by atoms with E-state index in [-0.39, 0.29) is 0 Å². The fourth-order valence-electron chi connectivity index (χ4n) is 2.53. The summed E-state index contributed by atoms with van der Waals surface area (Å²) in [5.74, 6) is 0. The van der Waals surface area contributed by atoms with Crippen molar-refractivity contribution in [2.24, 2.45) is 0 Å². The van der Waals surface area contributed by atoms with Gasteiger partial charge in [0, 0.05) is 30.4 Å². The van der Waals surface area contributed by atoms with Gasteiger partial charge in [-0.1, -0.05) is 12.1 Å². The Balaban J connectivity index is 2.08. The summed E-state index contributed by atoms with van der Waals surface area (Å²) in [6.45, 7) is 0. The van der Waals surface area contributed by atoms with E-state index >= 15 is 0 Å². The van der Waals surface area contributed by atoms with Gasteiger partial charge < -0.3 is 8.80 Å². The summed E-state index contributed by atoms with van der Waals surface area (Å²) < 4.78 is 3.92. The third-order valence-corrected chi connectivity index (χ3v) is 3.42. The Hall–Kier alpha value is -3.06. The van der Waals surface area contributed by atoms with E-state index in [2.05, 4.69) is 11.1 Å². The molecule has 20 heavy (non-hydrogen) atoms. The molecule has 94 valence electrons. The van der Waals surface area contributed by atoms with Gasteiger partial charge in [0.2, 0.25) is 0 Å². The van der Waals surface area contributed by atoms with Gasteiger partial charge in [0.25, 0.3) is 0 Å². The van der Waals surface area contributed by atoms with Gasteiger partial charge >= 0.3 is 0 Å². The van der Waals surface area contributed by atoms with Crippen LogP contribution in [0.4, 0.5) is 0 Å². The fraction of sp³-hybridized carbons (Fsp3) is 0. The number of rotatable bonds is 1. The molecule has 0 N–H and O–H groups in total. The number of nitriles is 1. The summed E-state index contributed by atoms with van der Waals surface area (Å²) in [5.41, 5.74) is 4.21. The number of hydrogen-bond donors (Lipinski definition) is 0. The van der Waals surface area contributed by atoms with Crippen LogP contribution >= 0.6 is 0 Å². The van der Waals surface area contributed by atoms with E-state index in [9.17, 15) is 5.26 Å². The van der Waals surface area contributed by atoms with Crippen LogP contribution in [0.15, 0.2) is 61.2 Å². The van der Waals surface area contributed by atoms with Crippen molar-refractivity contribution >= 4 is 11.2 Å². The van der Waals surface area contributed by atoms with Crippen LogP contribution in [0.2, 0.25) is 0 Å². The van der Waals surface area contributed by atoms with Gasteiger partial charge in [0.1, 0.15) is 11.7 Å². The van der Waals surface area contributed by atoms with Crippen LogP contribution in [0.25, 0.3) is 22.4 Å². The van der Waals surface area contributed by atoms with Crippen molar-refractivity contribution in [3.63, 3.8) is 0 Å². The lowest BCUT2D eigenvalue weighted by molar-refractivity contribution is 1.19. The monoisotopic (exact) mass is 258 g/mol. The van der Waals surface area contributed by atoms with Crippen molar-refractivity contribution < 1.29 is 0 Å². The van der Waals surface area contributed by atoms with Crippen LogP contribution in [-0.2, 0) is 0 Å². The quantitative estimate of drug-likeness (QED) is 0.526. The van der Waals surface area contributed by atoms with Crippen molar-refractivity contribution in [3.05, 3.63) is 66.7 Å². The van der Waals surface area contributed by atoms with Crippen molar-refractivity contribution in [1.82, 2.24) is 13.8 Å². The minimum atomic E-state index is 0.639. The number of fused-ring (bicyclic) bond motifs is 2. The van der Waals surface area contributed by atoms with Crippen molar-refractivity contribution in [2.45, 2.75) is 0 Å². The van der Waals surface area contributed by atoms with Crippen LogP contribution in [0, 0.1) is 11.3 Å². The summed E-state index contributed by atoms with van der Waals surface area (Å²) in [5, 5.41) is 9.36. The summed E-state index contributed by atoms with van der Waals surface area (Å²) >= 11 is 0. The average Bonchev–Trinajstić information content (AvgIpc) is 3.07. The normalized spacial score (nSPS) is 10.9. The highest BCUT2D eigenvalue weighted by Crippen LogP contribution is 2.29. The molecule has 0 fully saturated rings. The second kappa shape index (κ2) is 3.97. The smallest absolute Gasteiger partial charge is 0.137 e. The molecular weight excluding hydrogens is 248 g/mol. The lowest BCUT2D eigenvalue weighted by Gasteiger charge is -1.96. The van der Waals surface area contributed by atoms with Gasteiger partial charge in [-0.15, -0.1) is 0 Å². The summed E-state index contributed by atoms with van der Waals surface area (Å²) in [4.78, 5) is 4.61. The molecule has 0 aromatic carbocycles. The molecule has 0 saturated carbocycles. The summed E-state index contributed by atoms with van der Waals surface area (Å²) in [7, 11) is 0. The van der Waals surface area contributed by atoms with E-state index in [1.807, 2.05) is 70.0 Å². The second-order valence-electron chi connectivity index (χ2n) is 4.61. The highest BCUT2D eigenvalue weighted by Gasteiger charge is 2.15. The largest absolute Gasteiger partial charge is 0.322 e. The molecule has 0 bridgehead atoms. The zero-order valence-corrected chi connectivity index (χ0v) is 10.6.